The van der Waals surface area contributed by atoms with Gasteiger partial charge in [0, 0.05) is 42.5 Å². The topological polar surface area (TPSA) is 88.2 Å². The van der Waals surface area contributed by atoms with Crippen molar-refractivity contribution < 1.29 is 5.11 Å². The molecule has 0 atom stereocenters. The van der Waals surface area contributed by atoms with Gasteiger partial charge in [0.1, 0.15) is 5.75 Å². The minimum atomic E-state index is 0.156. The minimum Gasteiger partial charge on any atom is -0.507 e. The average molecular weight is 358 g/mol. The molecule has 0 saturated carbocycles. The summed E-state index contributed by atoms with van der Waals surface area (Å²) in [5, 5.41) is 22.4. The number of imidazole rings is 1. The molecule has 0 unspecified atom stereocenters. The van der Waals surface area contributed by atoms with Gasteiger partial charge in [-0.1, -0.05) is 6.07 Å². The molecule has 2 N–H and O–H groups in total. The Bertz CT molecular complexity index is 1130. The molecule has 1 saturated heterocycles. The number of nitrogens with one attached hydrogen (secondary N) is 1. The maximum Gasteiger partial charge on any atom is 0.155 e. The Morgan fingerprint density at radius 1 is 1.07 bits per heavy atom. The van der Waals surface area contributed by atoms with Crippen molar-refractivity contribution in [2.45, 2.75) is 12.8 Å². The highest BCUT2D eigenvalue weighted by Crippen LogP contribution is 2.32. The number of phenols is 1. The summed E-state index contributed by atoms with van der Waals surface area (Å²) in [5.41, 5.74) is 5.63. The molecule has 0 bridgehead atoms. The van der Waals surface area contributed by atoms with E-state index in [1.54, 1.807) is 12.3 Å². The van der Waals surface area contributed by atoms with E-state index in [4.69, 9.17) is 0 Å². The van der Waals surface area contributed by atoms with Crippen LogP contribution >= 0.6 is 0 Å². The Hall–Kier alpha value is -3.32. The number of phenolic OH excluding ortho intramolecular Hbond substituents is 1. The van der Waals surface area contributed by atoms with Crippen molar-refractivity contribution in [1.29, 1.82) is 0 Å². The zero-order valence-corrected chi connectivity index (χ0v) is 14.8. The Morgan fingerprint density at radius 2 is 1.96 bits per heavy atom. The molecule has 1 aliphatic rings. The second kappa shape index (κ2) is 6.14. The third kappa shape index (κ3) is 2.82. The Labute approximate surface area is 155 Å². The van der Waals surface area contributed by atoms with E-state index in [-0.39, 0.29) is 5.75 Å². The summed E-state index contributed by atoms with van der Waals surface area (Å²) in [5.74, 6) is 0.596. The summed E-state index contributed by atoms with van der Waals surface area (Å²) >= 11 is 0. The fourth-order valence-electron chi connectivity index (χ4n) is 3.28. The van der Waals surface area contributed by atoms with Gasteiger partial charge in [-0.2, -0.15) is 10.2 Å². The molecule has 0 amide bonds. The summed E-state index contributed by atoms with van der Waals surface area (Å²) in [6.07, 6.45) is 5.58. The molecule has 1 aliphatic heterocycles. The fourth-order valence-corrected chi connectivity index (χ4v) is 3.28. The largest absolute Gasteiger partial charge is 0.507 e. The maximum absolute atomic E-state index is 10.5. The van der Waals surface area contributed by atoms with Crippen LogP contribution in [0.15, 0.2) is 48.9 Å². The van der Waals surface area contributed by atoms with Gasteiger partial charge in [0.2, 0.25) is 0 Å². The molecule has 134 valence electrons. The number of fused-ring (bicyclic) bond motifs is 1. The lowest BCUT2D eigenvalue weighted by atomic mass is 9.98. The van der Waals surface area contributed by atoms with E-state index in [9.17, 15) is 5.11 Å². The average Bonchev–Trinajstić information content (AvgIpc) is 3.00. The number of benzene rings is 1. The van der Waals surface area contributed by atoms with Crippen LogP contribution in [0.1, 0.15) is 17.3 Å². The minimum absolute atomic E-state index is 0.156. The lowest BCUT2D eigenvalue weighted by molar-refractivity contribution is 0.436. The summed E-state index contributed by atoms with van der Waals surface area (Å²) in [6.45, 7) is 3.84. The van der Waals surface area contributed by atoms with Crippen molar-refractivity contribution >= 4 is 5.65 Å². The molecule has 4 aromatic rings. The van der Waals surface area contributed by atoms with Crippen LogP contribution in [-0.4, -0.2) is 42.8 Å². The standard InChI is InChI=1S/C20H18N6O/c1-12-10-26-11-18(22-9-20(26)23-12)13-2-3-15(19(27)6-13)17-5-4-16(24-25-17)14-7-21-8-14/h2-6,9-11,14,21,27H,7-8H2,1H3. The van der Waals surface area contributed by atoms with E-state index < -0.39 is 0 Å². The van der Waals surface area contributed by atoms with E-state index in [2.05, 4.69) is 25.5 Å². The second-order valence-electron chi connectivity index (χ2n) is 6.85. The highest BCUT2D eigenvalue weighted by Gasteiger charge is 2.20. The van der Waals surface area contributed by atoms with Gasteiger partial charge in [-0.25, -0.2) is 4.98 Å². The SMILES string of the molecule is Cc1cn2cc(-c3ccc(-c4ccc(C5CNC5)nn4)c(O)c3)ncc2n1. The predicted molar refractivity (Wildman–Crippen MR) is 101 cm³/mol. The van der Waals surface area contributed by atoms with Crippen molar-refractivity contribution in [3.8, 4) is 28.3 Å². The number of aromatic nitrogens is 5. The van der Waals surface area contributed by atoms with Crippen molar-refractivity contribution in [3.05, 3.63) is 60.3 Å². The Kier molecular flexibility index (Phi) is 3.61. The first kappa shape index (κ1) is 15.9. The molecular formula is C20H18N6O. The normalized spacial score (nSPS) is 14.4. The molecule has 7 heteroatoms. The molecule has 5 rings (SSSR count). The molecule has 1 fully saturated rings. The molecule has 1 aromatic carbocycles. The molecular weight excluding hydrogens is 340 g/mol. The van der Waals surface area contributed by atoms with Crippen LogP contribution in [0, 0.1) is 6.92 Å². The van der Waals surface area contributed by atoms with Gasteiger partial charge in [0.15, 0.2) is 5.65 Å². The van der Waals surface area contributed by atoms with Crippen LogP contribution in [0.3, 0.4) is 0 Å². The first-order chi connectivity index (χ1) is 13.2. The van der Waals surface area contributed by atoms with Gasteiger partial charge in [-0.3, -0.25) is 4.98 Å². The number of aromatic hydroxyl groups is 1. The van der Waals surface area contributed by atoms with Crippen LogP contribution in [-0.2, 0) is 0 Å². The number of hydrogen-bond acceptors (Lipinski definition) is 6. The van der Waals surface area contributed by atoms with Crippen molar-refractivity contribution in [2.24, 2.45) is 0 Å². The molecule has 0 spiro atoms. The van der Waals surface area contributed by atoms with Gasteiger partial charge in [-0.15, -0.1) is 0 Å². The summed E-state index contributed by atoms with van der Waals surface area (Å²) in [7, 11) is 0. The summed E-state index contributed by atoms with van der Waals surface area (Å²) in [6, 6.07) is 9.38. The zero-order chi connectivity index (χ0) is 18.4. The second-order valence-corrected chi connectivity index (χ2v) is 6.85. The summed E-state index contributed by atoms with van der Waals surface area (Å²) in [4.78, 5) is 8.83. The smallest absolute Gasteiger partial charge is 0.155 e. The highest BCUT2D eigenvalue weighted by atomic mass is 16.3. The van der Waals surface area contributed by atoms with Crippen molar-refractivity contribution in [1.82, 2.24) is 29.9 Å². The number of nitrogens with zero attached hydrogens (tertiary/aromatic N) is 5. The number of aryl methyl sites for hydroxylation is 1. The van der Waals surface area contributed by atoms with E-state index in [1.165, 1.54) is 0 Å². The van der Waals surface area contributed by atoms with E-state index in [0.29, 0.717) is 17.2 Å². The third-order valence-corrected chi connectivity index (χ3v) is 4.92. The molecule has 0 aliphatic carbocycles. The predicted octanol–water partition coefficient (Wildman–Crippen LogP) is 2.55. The Morgan fingerprint density at radius 3 is 2.67 bits per heavy atom. The molecule has 7 nitrogen and oxygen atoms in total. The van der Waals surface area contributed by atoms with E-state index in [1.807, 2.05) is 48.0 Å². The van der Waals surface area contributed by atoms with Crippen LogP contribution in [0.4, 0.5) is 0 Å². The third-order valence-electron chi connectivity index (χ3n) is 4.92. The molecule has 0 radical (unpaired) electrons. The number of rotatable bonds is 3. The van der Waals surface area contributed by atoms with Gasteiger partial charge in [0.05, 0.1) is 29.0 Å². The molecule has 27 heavy (non-hydrogen) atoms. The molecule has 4 heterocycles. The fraction of sp³-hybridized carbons (Fsp3) is 0.200. The van der Waals surface area contributed by atoms with Crippen LogP contribution in [0.5, 0.6) is 5.75 Å². The van der Waals surface area contributed by atoms with Gasteiger partial charge in [0.25, 0.3) is 0 Å². The van der Waals surface area contributed by atoms with Crippen molar-refractivity contribution in [3.63, 3.8) is 0 Å². The first-order valence-electron chi connectivity index (χ1n) is 8.87. The van der Waals surface area contributed by atoms with Crippen LogP contribution in [0.25, 0.3) is 28.2 Å². The van der Waals surface area contributed by atoms with Gasteiger partial charge >= 0.3 is 0 Å². The Balaban J connectivity index is 1.47. The highest BCUT2D eigenvalue weighted by molar-refractivity contribution is 5.72. The van der Waals surface area contributed by atoms with Gasteiger partial charge in [-0.05, 0) is 31.2 Å². The maximum atomic E-state index is 10.5. The zero-order valence-electron chi connectivity index (χ0n) is 14.8. The van der Waals surface area contributed by atoms with Gasteiger partial charge < -0.3 is 14.8 Å². The van der Waals surface area contributed by atoms with Crippen molar-refractivity contribution in [2.75, 3.05) is 13.1 Å². The molecule has 3 aromatic heterocycles. The van der Waals surface area contributed by atoms with E-state index >= 15 is 0 Å². The van der Waals surface area contributed by atoms with Crippen LogP contribution < -0.4 is 5.32 Å². The van der Waals surface area contributed by atoms with Crippen LogP contribution in [0.2, 0.25) is 0 Å². The number of hydrogen-bond donors (Lipinski definition) is 2. The van der Waals surface area contributed by atoms with E-state index in [0.717, 1.165) is 41.4 Å². The lowest BCUT2D eigenvalue weighted by Gasteiger charge is -2.25. The lowest BCUT2D eigenvalue weighted by Crippen LogP contribution is -2.40. The first-order valence-corrected chi connectivity index (χ1v) is 8.87. The quantitative estimate of drug-likeness (QED) is 0.585. The monoisotopic (exact) mass is 358 g/mol. The summed E-state index contributed by atoms with van der Waals surface area (Å²) < 4.78 is 1.93.